The molecule has 0 radical (unpaired) electrons. The average molecular weight is 246 g/mol. The molecule has 1 N–H and O–H groups in total. The third-order valence-electron chi connectivity index (χ3n) is 2.07. The Labute approximate surface area is 104 Å². The molecule has 0 saturated carbocycles. The predicted octanol–water partition coefficient (Wildman–Crippen LogP) is 1.48. The van der Waals surface area contributed by atoms with E-state index in [1.165, 1.54) is 0 Å². The maximum atomic E-state index is 11.9. The third kappa shape index (κ3) is 8.94. The monoisotopic (exact) mass is 246 g/mol. The van der Waals surface area contributed by atoms with Gasteiger partial charge in [-0.2, -0.15) is 0 Å². The number of hydrogen-bond donors (Lipinski definition) is 1. The molecule has 0 aromatic carbocycles. The van der Waals surface area contributed by atoms with Crippen LogP contribution in [0, 0.1) is 0 Å². The zero-order valence-electron chi connectivity index (χ0n) is 11.7. The van der Waals surface area contributed by atoms with Crippen LogP contribution in [0.1, 0.15) is 27.2 Å². The molecular weight excluding hydrogens is 220 g/mol. The summed E-state index contributed by atoms with van der Waals surface area (Å²) in [6.07, 6.45) is 0.630. The van der Waals surface area contributed by atoms with E-state index in [4.69, 9.17) is 9.47 Å². The maximum Gasteiger partial charge on any atom is 0.410 e. The first kappa shape index (κ1) is 16.2. The van der Waals surface area contributed by atoms with Crippen molar-refractivity contribution >= 4 is 6.09 Å². The highest BCUT2D eigenvalue weighted by atomic mass is 16.6. The number of amides is 1. The molecular formula is C12H26N2O3. The fraction of sp³-hybridized carbons (Fsp3) is 0.917. The summed E-state index contributed by atoms with van der Waals surface area (Å²) in [6, 6.07) is 0. The number of ether oxygens (including phenoxy) is 2. The van der Waals surface area contributed by atoms with Crippen molar-refractivity contribution in [3.8, 4) is 0 Å². The van der Waals surface area contributed by atoms with Crippen molar-refractivity contribution in [2.24, 2.45) is 0 Å². The van der Waals surface area contributed by atoms with E-state index in [9.17, 15) is 4.79 Å². The predicted molar refractivity (Wildman–Crippen MR) is 68.2 cm³/mol. The molecule has 5 nitrogen and oxygen atoms in total. The molecule has 0 unspecified atom stereocenters. The Bertz CT molecular complexity index is 214. The molecule has 0 fully saturated rings. The van der Waals surface area contributed by atoms with Gasteiger partial charge in [0.15, 0.2) is 0 Å². The van der Waals surface area contributed by atoms with E-state index in [2.05, 4.69) is 5.32 Å². The van der Waals surface area contributed by atoms with Crippen molar-refractivity contribution in [3.05, 3.63) is 0 Å². The van der Waals surface area contributed by atoms with Gasteiger partial charge in [-0.1, -0.05) is 0 Å². The van der Waals surface area contributed by atoms with Crippen LogP contribution in [-0.2, 0) is 9.47 Å². The molecule has 17 heavy (non-hydrogen) atoms. The molecule has 5 heteroatoms. The second kappa shape index (κ2) is 8.31. The van der Waals surface area contributed by atoms with Gasteiger partial charge in [0, 0.05) is 20.2 Å². The van der Waals surface area contributed by atoms with Gasteiger partial charge in [0.2, 0.25) is 0 Å². The summed E-state index contributed by atoms with van der Waals surface area (Å²) in [7, 11) is 3.52. The fourth-order valence-electron chi connectivity index (χ4n) is 1.27. The molecule has 0 aromatic rings. The minimum absolute atomic E-state index is 0.273. The van der Waals surface area contributed by atoms with Gasteiger partial charge in [0.1, 0.15) is 5.60 Å². The van der Waals surface area contributed by atoms with Gasteiger partial charge in [-0.3, -0.25) is 0 Å². The second-order valence-electron chi connectivity index (χ2n) is 4.92. The summed E-state index contributed by atoms with van der Waals surface area (Å²) < 4.78 is 10.3. The lowest BCUT2D eigenvalue weighted by molar-refractivity contribution is 0.0200. The minimum atomic E-state index is -0.453. The lowest BCUT2D eigenvalue weighted by atomic mass is 10.2. The van der Waals surface area contributed by atoms with Crippen LogP contribution < -0.4 is 5.32 Å². The van der Waals surface area contributed by atoms with Gasteiger partial charge in [0.25, 0.3) is 0 Å². The van der Waals surface area contributed by atoms with Crippen LogP contribution in [-0.4, -0.2) is 57.0 Å². The lowest BCUT2D eigenvalue weighted by Gasteiger charge is -2.27. The number of carbonyl (C=O) groups excluding carboxylic acids is 1. The number of nitrogens with zero attached hydrogens (tertiary/aromatic N) is 1. The molecule has 0 spiro atoms. The summed E-state index contributed by atoms with van der Waals surface area (Å²) >= 11 is 0. The zero-order valence-corrected chi connectivity index (χ0v) is 11.7. The smallest absolute Gasteiger partial charge is 0.410 e. The Kier molecular flexibility index (Phi) is 7.91. The van der Waals surface area contributed by atoms with Crippen molar-refractivity contribution in [2.75, 3.05) is 40.4 Å². The van der Waals surface area contributed by atoms with Gasteiger partial charge in [0.05, 0.1) is 6.61 Å². The Balaban J connectivity index is 4.19. The minimum Gasteiger partial charge on any atom is -0.444 e. The first-order valence-corrected chi connectivity index (χ1v) is 6.02. The van der Waals surface area contributed by atoms with E-state index in [-0.39, 0.29) is 6.09 Å². The standard InChI is InChI=1S/C12H26N2O3/c1-12(2,3)17-11(15)14(9-10-16-5)8-6-7-13-4/h13H,6-10H2,1-5H3. The average Bonchev–Trinajstić information content (AvgIpc) is 2.20. The SMILES string of the molecule is CNCCCN(CCOC)C(=O)OC(C)(C)C. The summed E-state index contributed by atoms with van der Waals surface area (Å²) in [5.41, 5.74) is -0.453. The third-order valence-corrected chi connectivity index (χ3v) is 2.07. The summed E-state index contributed by atoms with van der Waals surface area (Å²) in [6.45, 7) is 8.26. The van der Waals surface area contributed by atoms with Crippen LogP contribution in [0.4, 0.5) is 4.79 Å². The van der Waals surface area contributed by atoms with Crippen molar-refractivity contribution < 1.29 is 14.3 Å². The molecule has 0 saturated heterocycles. The van der Waals surface area contributed by atoms with E-state index < -0.39 is 5.60 Å². The Morgan fingerprint density at radius 3 is 2.41 bits per heavy atom. The van der Waals surface area contributed by atoms with Crippen molar-refractivity contribution in [3.63, 3.8) is 0 Å². The second-order valence-corrected chi connectivity index (χ2v) is 4.92. The normalized spacial score (nSPS) is 11.4. The van der Waals surface area contributed by atoms with Crippen LogP contribution in [0.3, 0.4) is 0 Å². The molecule has 0 aliphatic rings. The largest absolute Gasteiger partial charge is 0.444 e. The van der Waals surface area contributed by atoms with Gasteiger partial charge >= 0.3 is 6.09 Å². The molecule has 0 aliphatic carbocycles. The van der Waals surface area contributed by atoms with E-state index in [0.29, 0.717) is 19.7 Å². The molecule has 102 valence electrons. The number of carbonyl (C=O) groups is 1. The Morgan fingerprint density at radius 2 is 1.94 bits per heavy atom. The van der Waals surface area contributed by atoms with Crippen molar-refractivity contribution in [1.82, 2.24) is 10.2 Å². The Morgan fingerprint density at radius 1 is 1.29 bits per heavy atom. The topological polar surface area (TPSA) is 50.8 Å². The van der Waals surface area contributed by atoms with Crippen molar-refractivity contribution in [1.29, 1.82) is 0 Å². The summed E-state index contributed by atoms with van der Waals surface area (Å²) in [5, 5.41) is 3.06. The van der Waals surface area contributed by atoms with E-state index in [1.807, 2.05) is 27.8 Å². The van der Waals surface area contributed by atoms with Crippen LogP contribution in [0.2, 0.25) is 0 Å². The van der Waals surface area contributed by atoms with E-state index >= 15 is 0 Å². The van der Waals surface area contributed by atoms with Gasteiger partial charge in [-0.05, 0) is 40.8 Å². The maximum absolute atomic E-state index is 11.9. The van der Waals surface area contributed by atoms with Crippen LogP contribution in [0.25, 0.3) is 0 Å². The van der Waals surface area contributed by atoms with Crippen LogP contribution in [0.15, 0.2) is 0 Å². The van der Waals surface area contributed by atoms with Gasteiger partial charge in [-0.25, -0.2) is 4.79 Å². The number of rotatable bonds is 7. The highest BCUT2D eigenvalue weighted by molar-refractivity contribution is 5.68. The number of hydrogen-bond acceptors (Lipinski definition) is 4. The van der Waals surface area contributed by atoms with Gasteiger partial charge < -0.3 is 19.7 Å². The van der Waals surface area contributed by atoms with Crippen molar-refractivity contribution in [2.45, 2.75) is 32.8 Å². The van der Waals surface area contributed by atoms with E-state index in [1.54, 1.807) is 12.0 Å². The lowest BCUT2D eigenvalue weighted by Crippen LogP contribution is -2.39. The molecule has 0 heterocycles. The highest BCUT2D eigenvalue weighted by Crippen LogP contribution is 2.10. The van der Waals surface area contributed by atoms with Gasteiger partial charge in [-0.15, -0.1) is 0 Å². The summed E-state index contributed by atoms with van der Waals surface area (Å²) in [4.78, 5) is 13.6. The zero-order chi connectivity index (χ0) is 13.3. The van der Waals surface area contributed by atoms with Crippen LogP contribution >= 0.6 is 0 Å². The van der Waals surface area contributed by atoms with E-state index in [0.717, 1.165) is 13.0 Å². The van der Waals surface area contributed by atoms with Crippen LogP contribution in [0.5, 0.6) is 0 Å². The summed E-state index contributed by atoms with van der Waals surface area (Å²) in [5.74, 6) is 0. The quantitative estimate of drug-likeness (QED) is 0.691. The molecule has 0 atom stereocenters. The number of methoxy groups -OCH3 is 1. The number of nitrogens with one attached hydrogen (secondary N) is 1. The highest BCUT2D eigenvalue weighted by Gasteiger charge is 2.21. The molecule has 0 aliphatic heterocycles. The first-order valence-electron chi connectivity index (χ1n) is 6.02. The molecule has 0 bridgehead atoms. The molecule has 1 amide bonds. The fourth-order valence-corrected chi connectivity index (χ4v) is 1.27. The first-order chi connectivity index (χ1) is 7.90. The Hall–Kier alpha value is -0.810. The molecule has 0 rings (SSSR count). The molecule has 0 aromatic heterocycles.